The fourth-order valence-electron chi connectivity index (χ4n) is 4.19. The molecule has 1 saturated heterocycles. The highest BCUT2D eigenvalue weighted by Gasteiger charge is 2.29. The summed E-state index contributed by atoms with van der Waals surface area (Å²) in [5, 5.41) is 7.06. The van der Waals surface area contributed by atoms with E-state index in [1.807, 2.05) is 18.3 Å². The van der Waals surface area contributed by atoms with Gasteiger partial charge in [0.1, 0.15) is 5.82 Å². The third kappa shape index (κ3) is 2.68. The van der Waals surface area contributed by atoms with Gasteiger partial charge < -0.3 is 4.90 Å². The van der Waals surface area contributed by atoms with Crippen molar-refractivity contribution in [3.05, 3.63) is 64.2 Å². The van der Waals surface area contributed by atoms with E-state index in [9.17, 15) is 4.79 Å². The van der Waals surface area contributed by atoms with Crippen LogP contribution in [0.4, 0.5) is 5.82 Å². The van der Waals surface area contributed by atoms with E-state index < -0.39 is 0 Å². The summed E-state index contributed by atoms with van der Waals surface area (Å²) in [4.78, 5) is 19.3. The molecule has 2 aliphatic rings. The van der Waals surface area contributed by atoms with Crippen LogP contribution in [0.1, 0.15) is 24.1 Å². The largest absolute Gasteiger partial charge is 0.355 e. The van der Waals surface area contributed by atoms with Gasteiger partial charge in [-0.05, 0) is 42.7 Å². The minimum atomic E-state index is 0.0485. The van der Waals surface area contributed by atoms with Gasteiger partial charge in [-0.2, -0.15) is 5.10 Å². The molecule has 5 heteroatoms. The summed E-state index contributed by atoms with van der Waals surface area (Å²) in [5.41, 5.74) is 2.34. The number of hydrogen-bond donors (Lipinski definition) is 0. The van der Waals surface area contributed by atoms with Crippen molar-refractivity contribution in [3.8, 4) is 0 Å². The highest BCUT2D eigenvalue weighted by atomic mass is 16.1. The Morgan fingerprint density at radius 3 is 2.85 bits per heavy atom. The van der Waals surface area contributed by atoms with E-state index in [1.54, 1.807) is 4.68 Å². The van der Waals surface area contributed by atoms with Crippen molar-refractivity contribution >= 4 is 16.6 Å². The zero-order valence-corrected chi connectivity index (χ0v) is 14.8. The summed E-state index contributed by atoms with van der Waals surface area (Å²) < 4.78 is 1.68. The van der Waals surface area contributed by atoms with Crippen molar-refractivity contribution in [2.75, 3.05) is 18.0 Å². The van der Waals surface area contributed by atoms with Crippen LogP contribution in [0.2, 0.25) is 0 Å². The second-order valence-electron chi connectivity index (χ2n) is 7.47. The minimum absolute atomic E-state index is 0.0485. The van der Waals surface area contributed by atoms with E-state index in [0.29, 0.717) is 12.5 Å². The third-order valence-corrected chi connectivity index (χ3v) is 5.61. The van der Waals surface area contributed by atoms with Gasteiger partial charge in [0.05, 0.1) is 12.2 Å². The molecule has 0 saturated carbocycles. The third-order valence-electron chi connectivity index (χ3n) is 5.61. The molecule has 5 rings (SSSR count). The highest BCUT2D eigenvalue weighted by Crippen LogP contribution is 2.30. The van der Waals surface area contributed by atoms with E-state index >= 15 is 0 Å². The molecule has 26 heavy (non-hydrogen) atoms. The predicted molar refractivity (Wildman–Crippen MR) is 103 cm³/mol. The first-order valence-electron chi connectivity index (χ1n) is 9.46. The van der Waals surface area contributed by atoms with Crippen LogP contribution < -0.4 is 10.5 Å². The van der Waals surface area contributed by atoms with Gasteiger partial charge in [0.25, 0.3) is 5.56 Å². The molecule has 0 radical (unpaired) electrons. The number of rotatable bonds is 3. The Bertz CT molecular complexity index is 1010. The monoisotopic (exact) mass is 346 g/mol. The maximum Gasteiger partial charge on any atom is 0.267 e. The standard InChI is InChI=1S/C21H22N4O/c26-20-11-17-6-2-4-8-19(17)23-25(20)14-15-12-24(13-15)21-18-7-3-1-5-16(18)9-10-22-21/h1,3,5,7,9-11,15H,2,4,6,8,12-14H2. The number of aryl methyl sites for hydroxylation is 2. The Labute approximate surface area is 152 Å². The van der Waals surface area contributed by atoms with Gasteiger partial charge in [-0.3, -0.25) is 4.79 Å². The molecule has 1 aromatic carbocycles. The van der Waals surface area contributed by atoms with Crippen LogP contribution in [0.15, 0.2) is 47.4 Å². The summed E-state index contributed by atoms with van der Waals surface area (Å²) in [6.07, 6.45) is 6.24. The molecule has 5 nitrogen and oxygen atoms in total. The van der Waals surface area contributed by atoms with Gasteiger partial charge in [0, 0.05) is 36.7 Å². The van der Waals surface area contributed by atoms with Gasteiger partial charge in [-0.15, -0.1) is 0 Å². The number of hydrogen-bond acceptors (Lipinski definition) is 4. The van der Waals surface area contributed by atoms with E-state index in [1.165, 1.54) is 23.6 Å². The lowest BCUT2D eigenvalue weighted by molar-refractivity contribution is 0.330. The summed E-state index contributed by atoms with van der Waals surface area (Å²) in [5.74, 6) is 1.49. The second-order valence-corrected chi connectivity index (χ2v) is 7.47. The lowest BCUT2D eigenvalue weighted by Crippen LogP contribution is -2.50. The summed E-state index contributed by atoms with van der Waals surface area (Å²) in [6, 6.07) is 12.2. The van der Waals surface area contributed by atoms with Crippen LogP contribution >= 0.6 is 0 Å². The fourth-order valence-corrected chi connectivity index (χ4v) is 4.19. The first-order valence-corrected chi connectivity index (χ1v) is 9.46. The van der Waals surface area contributed by atoms with Crippen LogP contribution in [0.5, 0.6) is 0 Å². The Morgan fingerprint density at radius 1 is 1.08 bits per heavy atom. The molecule has 0 atom stereocenters. The Balaban J connectivity index is 1.32. The zero-order chi connectivity index (χ0) is 17.5. The quantitative estimate of drug-likeness (QED) is 0.732. The molecule has 0 amide bonds. The smallest absolute Gasteiger partial charge is 0.267 e. The molecule has 132 valence electrons. The van der Waals surface area contributed by atoms with Gasteiger partial charge in [-0.1, -0.05) is 24.3 Å². The molecule has 0 N–H and O–H groups in total. The van der Waals surface area contributed by atoms with Crippen LogP contribution in [0.25, 0.3) is 10.8 Å². The molecule has 0 spiro atoms. The van der Waals surface area contributed by atoms with Crippen LogP contribution in [0.3, 0.4) is 0 Å². The minimum Gasteiger partial charge on any atom is -0.355 e. The van der Waals surface area contributed by atoms with E-state index in [4.69, 9.17) is 0 Å². The number of nitrogens with zero attached hydrogens (tertiary/aromatic N) is 4. The maximum absolute atomic E-state index is 12.4. The maximum atomic E-state index is 12.4. The number of pyridine rings is 1. The van der Waals surface area contributed by atoms with Crippen LogP contribution in [-0.4, -0.2) is 27.9 Å². The van der Waals surface area contributed by atoms with Crippen molar-refractivity contribution < 1.29 is 0 Å². The van der Waals surface area contributed by atoms with Crippen LogP contribution in [-0.2, 0) is 19.4 Å². The lowest BCUT2D eigenvalue weighted by Gasteiger charge is -2.40. The number of aromatic nitrogens is 3. The number of benzene rings is 1. The van der Waals surface area contributed by atoms with Crippen molar-refractivity contribution in [2.45, 2.75) is 32.2 Å². The van der Waals surface area contributed by atoms with Crippen molar-refractivity contribution in [2.24, 2.45) is 5.92 Å². The van der Waals surface area contributed by atoms with Gasteiger partial charge in [0.15, 0.2) is 0 Å². The first-order chi connectivity index (χ1) is 12.8. The Morgan fingerprint density at radius 2 is 1.92 bits per heavy atom. The topological polar surface area (TPSA) is 51.0 Å². The van der Waals surface area contributed by atoms with E-state index in [-0.39, 0.29) is 5.56 Å². The molecule has 2 aromatic heterocycles. The summed E-state index contributed by atoms with van der Waals surface area (Å²) >= 11 is 0. The molecule has 1 aliphatic carbocycles. The molecule has 3 heterocycles. The molecular formula is C21H22N4O. The van der Waals surface area contributed by atoms with E-state index in [0.717, 1.165) is 43.0 Å². The average Bonchev–Trinajstić information content (AvgIpc) is 2.64. The molecule has 1 fully saturated rings. The number of anilines is 1. The lowest BCUT2D eigenvalue weighted by atomic mass is 9.96. The molecule has 0 unspecified atom stereocenters. The SMILES string of the molecule is O=c1cc2c(nn1CC1CN(c3nccc4ccccc34)C1)CCCC2. The van der Waals surface area contributed by atoms with Gasteiger partial charge >= 0.3 is 0 Å². The fraction of sp³-hybridized carbons (Fsp3) is 0.381. The van der Waals surface area contributed by atoms with Crippen molar-refractivity contribution in [3.63, 3.8) is 0 Å². The predicted octanol–water partition coefficient (Wildman–Crippen LogP) is 2.81. The zero-order valence-electron chi connectivity index (χ0n) is 14.8. The van der Waals surface area contributed by atoms with Gasteiger partial charge in [0.2, 0.25) is 0 Å². The molecule has 1 aliphatic heterocycles. The normalized spacial score (nSPS) is 17.2. The van der Waals surface area contributed by atoms with E-state index in [2.05, 4.69) is 39.2 Å². The van der Waals surface area contributed by atoms with Gasteiger partial charge in [-0.25, -0.2) is 9.67 Å². The first kappa shape index (κ1) is 15.6. The number of fused-ring (bicyclic) bond motifs is 2. The van der Waals surface area contributed by atoms with Crippen LogP contribution in [0, 0.1) is 5.92 Å². The molecule has 3 aromatic rings. The van der Waals surface area contributed by atoms with Crippen molar-refractivity contribution in [1.82, 2.24) is 14.8 Å². The highest BCUT2D eigenvalue weighted by molar-refractivity contribution is 5.92. The molecular weight excluding hydrogens is 324 g/mol. The Hall–Kier alpha value is -2.69. The summed E-state index contributed by atoms with van der Waals surface area (Å²) in [6.45, 7) is 2.55. The Kier molecular flexibility index (Phi) is 3.73. The second kappa shape index (κ2) is 6.24. The summed E-state index contributed by atoms with van der Waals surface area (Å²) in [7, 11) is 0. The average molecular weight is 346 g/mol. The molecule has 0 bridgehead atoms. The van der Waals surface area contributed by atoms with Crippen molar-refractivity contribution in [1.29, 1.82) is 0 Å².